The van der Waals surface area contributed by atoms with Gasteiger partial charge in [-0.2, -0.15) is 12.2 Å². The maximum atomic E-state index is 3.43. The third kappa shape index (κ3) is 8.32. The quantitative estimate of drug-likeness (QED) is 0.532. The average molecular weight is 457 g/mol. The Morgan fingerprint density at radius 3 is 1.24 bits per heavy atom. The van der Waals surface area contributed by atoms with Gasteiger partial charge in [0, 0.05) is 0 Å². The van der Waals surface area contributed by atoms with Crippen molar-refractivity contribution in [2.24, 2.45) is 11.8 Å². The van der Waals surface area contributed by atoms with Crippen LogP contribution in [0.2, 0.25) is 0 Å². The van der Waals surface area contributed by atoms with E-state index in [0.717, 1.165) is 24.7 Å². The van der Waals surface area contributed by atoms with E-state index in [9.17, 15) is 0 Å². The van der Waals surface area contributed by atoms with E-state index in [1.165, 1.54) is 75.4 Å². The molecule has 4 aliphatic rings. The summed E-state index contributed by atoms with van der Waals surface area (Å²) in [4.78, 5) is 0. The molecule has 25 heavy (non-hydrogen) atoms. The van der Waals surface area contributed by atoms with Crippen LogP contribution < -0.4 is 24.8 Å². The topological polar surface area (TPSA) is 0 Å². The van der Waals surface area contributed by atoms with Gasteiger partial charge in [-0.15, -0.1) is 12.8 Å². The summed E-state index contributed by atoms with van der Waals surface area (Å²) >= 11 is 0. The standard InChI is InChI=1S/2C11H15.2ClH.Zr/c2*1-2-6-10(7-3-1)11-8-4-5-9-11;;;/h2*4,8,10H,1-3,5-7H2;2*1H;/q2*-1;;;+4/p-2. The van der Waals surface area contributed by atoms with Crippen LogP contribution >= 0.6 is 0 Å². The predicted molar refractivity (Wildman–Crippen MR) is 94.2 cm³/mol. The molecule has 0 aromatic heterocycles. The van der Waals surface area contributed by atoms with Crippen LogP contribution in [0.25, 0.3) is 0 Å². The molecule has 2 saturated carbocycles. The molecule has 4 rings (SSSR count). The molecule has 0 atom stereocenters. The zero-order valence-electron chi connectivity index (χ0n) is 15.2. The monoisotopic (exact) mass is 454 g/mol. The molecule has 0 aromatic rings. The van der Waals surface area contributed by atoms with Crippen LogP contribution in [-0.4, -0.2) is 0 Å². The SMILES string of the molecule is [C-]1=C(C2CCCCC2)C=CC1.[C-]1=C(C2CCCCC2)C=CC1.[Cl-].[Cl-].[Zr+4]. The Morgan fingerprint density at radius 1 is 0.600 bits per heavy atom. The summed E-state index contributed by atoms with van der Waals surface area (Å²) in [5.41, 5.74) is 3.01. The number of allylic oxidation sites excluding steroid dienone is 8. The molecule has 3 heteroatoms. The van der Waals surface area contributed by atoms with Crippen LogP contribution in [-0.2, 0) is 26.2 Å². The number of hydrogen-bond donors (Lipinski definition) is 0. The minimum absolute atomic E-state index is 0. The molecule has 0 aromatic carbocycles. The Bertz CT molecular complexity index is 420. The summed E-state index contributed by atoms with van der Waals surface area (Å²) in [5, 5.41) is 0. The van der Waals surface area contributed by atoms with Crippen LogP contribution in [0.5, 0.6) is 0 Å². The molecule has 0 aliphatic heterocycles. The van der Waals surface area contributed by atoms with Gasteiger partial charge in [0.05, 0.1) is 0 Å². The van der Waals surface area contributed by atoms with Crippen molar-refractivity contribution in [3.8, 4) is 0 Å². The molecule has 0 N–H and O–H groups in total. The Kier molecular flexibility index (Phi) is 14.7. The molecule has 0 radical (unpaired) electrons. The fourth-order valence-corrected chi connectivity index (χ4v) is 4.23. The van der Waals surface area contributed by atoms with Gasteiger partial charge in [0.15, 0.2) is 0 Å². The van der Waals surface area contributed by atoms with Gasteiger partial charge in [0.25, 0.3) is 0 Å². The van der Waals surface area contributed by atoms with Gasteiger partial charge in [-0.3, -0.25) is 12.2 Å². The fourth-order valence-electron chi connectivity index (χ4n) is 4.23. The van der Waals surface area contributed by atoms with Crippen molar-refractivity contribution in [3.05, 3.63) is 47.6 Å². The van der Waals surface area contributed by atoms with Crippen LogP contribution in [0.15, 0.2) is 35.5 Å². The smallest absolute Gasteiger partial charge is 1.00 e. The summed E-state index contributed by atoms with van der Waals surface area (Å²) < 4.78 is 0. The van der Waals surface area contributed by atoms with E-state index >= 15 is 0 Å². The summed E-state index contributed by atoms with van der Waals surface area (Å²) in [6.45, 7) is 0. The molecule has 0 saturated heterocycles. The van der Waals surface area contributed by atoms with Crippen molar-refractivity contribution >= 4 is 0 Å². The first-order chi connectivity index (χ1) is 10.9. The van der Waals surface area contributed by atoms with Gasteiger partial charge in [-0.25, -0.2) is 23.3 Å². The maximum absolute atomic E-state index is 3.43. The summed E-state index contributed by atoms with van der Waals surface area (Å²) in [7, 11) is 0. The second-order valence-electron chi connectivity index (χ2n) is 7.15. The molecule has 0 unspecified atom stereocenters. The summed E-state index contributed by atoms with van der Waals surface area (Å²) in [5.74, 6) is 1.73. The molecular weight excluding hydrogens is 426 g/mol. The van der Waals surface area contributed by atoms with Crippen LogP contribution in [0, 0.1) is 24.0 Å². The number of halogens is 2. The van der Waals surface area contributed by atoms with E-state index in [2.05, 4.69) is 36.5 Å². The van der Waals surface area contributed by atoms with E-state index in [-0.39, 0.29) is 51.0 Å². The minimum atomic E-state index is 0. The molecule has 0 heterocycles. The zero-order valence-corrected chi connectivity index (χ0v) is 19.2. The normalized spacial score (nSPS) is 22.6. The van der Waals surface area contributed by atoms with Crippen LogP contribution in [0.4, 0.5) is 0 Å². The Hall–Kier alpha value is 0.423. The van der Waals surface area contributed by atoms with Crippen molar-refractivity contribution in [2.45, 2.75) is 77.0 Å². The van der Waals surface area contributed by atoms with E-state index in [4.69, 9.17) is 0 Å². The molecular formula is C22H30Cl2Zr. The number of hydrogen-bond acceptors (Lipinski definition) is 0. The van der Waals surface area contributed by atoms with Gasteiger partial charge in [0.2, 0.25) is 0 Å². The van der Waals surface area contributed by atoms with Gasteiger partial charge in [-0.1, -0.05) is 38.5 Å². The molecule has 0 nitrogen and oxygen atoms in total. The predicted octanol–water partition coefficient (Wildman–Crippen LogP) is 0.518. The van der Waals surface area contributed by atoms with Crippen molar-refractivity contribution in [3.63, 3.8) is 0 Å². The molecule has 136 valence electrons. The van der Waals surface area contributed by atoms with Crippen molar-refractivity contribution < 1.29 is 51.0 Å². The van der Waals surface area contributed by atoms with E-state index in [1.807, 2.05) is 0 Å². The molecule has 2 fully saturated rings. The zero-order chi connectivity index (χ0) is 15.0. The first kappa shape index (κ1) is 25.4. The first-order valence-electron chi connectivity index (χ1n) is 9.48. The molecule has 4 aliphatic carbocycles. The Morgan fingerprint density at radius 2 is 0.960 bits per heavy atom. The number of rotatable bonds is 2. The largest absolute Gasteiger partial charge is 4.00 e. The second-order valence-corrected chi connectivity index (χ2v) is 7.15. The summed E-state index contributed by atoms with van der Waals surface area (Å²) in [6, 6.07) is 0. The fraction of sp³-hybridized carbons (Fsp3) is 0.636. The molecule has 0 bridgehead atoms. The first-order valence-corrected chi connectivity index (χ1v) is 9.48. The third-order valence-corrected chi connectivity index (χ3v) is 5.53. The van der Waals surface area contributed by atoms with Gasteiger partial charge in [0.1, 0.15) is 0 Å². The van der Waals surface area contributed by atoms with E-state index in [0.29, 0.717) is 0 Å². The van der Waals surface area contributed by atoms with Gasteiger partial charge < -0.3 is 24.8 Å². The van der Waals surface area contributed by atoms with E-state index in [1.54, 1.807) is 0 Å². The third-order valence-electron chi connectivity index (χ3n) is 5.53. The van der Waals surface area contributed by atoms with Crippen LogP contribution in [0.1, 0.15) is 77.0 Å². The molecule has 0 amide bonds. The van der Waals surface area contributed by atoms with Crippen LogP contribution in [0.3, 0.4) is 0 Å². The van der Waals surface area contributed by atoms with Gasteiger partial charge >= 0.3 is 26.2 Å². The minimum Gasteiger partial charge on any atom is -1.00 e. The maximum Gasteiger partial charge on any atom is 4.00 e. The Labute approximate surface area is 186 Å². The second kappa shape index (κ2) is 14.5. The van der Waals surface area contributed by atoms with Crippen molar-refractivity contribution in [1.29, 1.82) is 0 Å². The summed E-state index contributed by atoms with van der Waals surface area (Å²) in [6.07, 6.45) is 32.3. The van der Waals surface area contributed by atoms with Crippen molar-refractivity contribution in [2.75, 3.05) is 0 Å². The average Bonchev–Trinajstić information content (AvgIpc) is 3.31. The molecule has 0 spiro atoms. The van der Waals surface area contributed by atoms with Crippen molar-refractivity contribution in [1.82, 2.24) is 0 Å². The van der Waals surface area contributed by atoms with Gasteiger partial charge in [-0.05, 0) is 37.5 Å². The van der Waals surface area contributed by atoms with E-state index < -0.39 is 0 Å². The Balaban J connectivity index is 0.000000411.